The van der Waals surface area contributed by atoms with Gasteiger partial charge in [0.2, 0.25) is 0 Å². The summed E-state index contributed by atoms with van der Waals surface area (Å²) >= 11 is 0. The number of carbonyl (C=O) groups is 1. The number of nitro groups is 1. The number of pyridine rings is 1. The zero-order chi connectivity index (χ0) is 14.6. The fourth-order valence-electron chi connectivity index (χ4n) is 1.38. The van der Waals surface area contributed by atoms with E-state index in [1.807, 2.05) is 20.8 Å². The van der Waals surface area contributed by atoms with Crippen LogP contribution in [0.2, 0.25) is 0 Å². The van der Waals surface area contributed by atoms with Crippen LogP contribution in [0.25, 0.3) is 0 Å². The molecular weight excluding hydrogens is 248 g/mol. The molecule has 0 aliphatic heterocycles. The molecule has 0 saturated carbocycles. The fraction of sp³-hybridized carbons (Fsp3) is 0.500. The minimum absolute atomic E-state index is 0.00544. The summed E-state index contributed by atoms with van der Waals surface area (Å²) in [7, 11) is 1.63. The van der Waals surface area contributed by atoms with Gasteiger partial charge in [-0.05, 0) is 20.3 Å². The van der Waals surface area contributed by atoms with Gasteiger partial charge in [0.25, 0.3) is 11.6 Å². The maximum Gasteiger partial charge on any atom is 0.300 e. The van der Waals surface area contributed by atoms with Gasteiger partial charge < -0.3 is 10.6 Å². The second-order valence-electron chi connectivity index (χ2n) is 4.79. The molecule has 19 heavy (non-hydrogen) atoms. The van der Waals surface area contributed by atoms with Crippen molar-refractivity contribution in [3.05, 3.63) is 27.9 Å². The fourth-order valence-corrected chi connectivity index (χ4v) is 1.38. The molecule has 0 unspecified atom stereocenters. The van der Waals surface area contributed by atoms with Gasteiger partial charge in [-0.15, -0.1) is 0 Å². The number of nitrogens with zero attached hydrogens (tertiary/aromatic N) is 2. The normalized spacial score (nSPS) is 10.9. The van der Waals surface area contributed by atoms with Crippen LogP contribution in [0.5, 0.6) is 0 Å². The Balaban J connectivity index is 3.16. The van der Waals surface area contributed by atoms with E-state index in [4.69, 9.17) is 0 Å². The van der Waals surface area contributed by atoms with E-state index in [9.17, 15) is 14.9 Å². The third-order valence-corrected chi connectivity index (χ3v) is 2.92. The Kier molecular flexibility index (Phi) is 4.42. The van der Waals surface area contributed by atoms with Gasteiger partial charge in [-0.25, -0.2) is 4.98 Å². The average molecular weight is 266 g/mol. The predicted molar refractivity (Wildman–Crippen MR) is 72.3 cm³/mol. The highest BCUT2D eigenvalue weighted by Crippen LogP contribution is 2.21. The van der Waals surface area contributed by atoms with Crippen LogP contribution >= 0.6 is 0 Å². The van der Waals surface area contributed by atoms with Crippen molar-refractivity contribution in [3.63, 3.8) is 0 Å². The summed E-state index contributed by atoms with van der Waals surface area (Å²) in [5.74, 6) is -0.0671. The summed E-state index contributed by atoms with van der Waals surface area (Å²) < 4.78 is 0. The number of hydrogen-bond acceptors (Lipinski definition) is 5. The van der Waals surface area contributed by atoms with Crippen molar-refractivity contribution in [2.24, 2.45) is 0 Å². The number of aromatic nitrogens is 1. The van der Waals surface area contributed by atoms with E-state index >= 15 is 0 Å². The molecule has 0 spiro atoms. The Morgan fingerprint density at radius 3 is 2.63 bits per heavy atom. The number of anilines is 1. The Morgan fingerprint density at radius 1 is 1.53 bits per heavy atom. The van der Waals surface area contributed by atoms with Gasteiger partial charge in [0.05, 0.1) is 4.92 Å². The molecule has 0 aromatic carbocycles. The molecule has 2 N–H and O–H groups in total. The average Bonchev–Trinajstić information content (AvgIpc) is 2.37. The van der Waals surface area contributed by atoms with Crippen molar-refractivity contribution in [1.29, 1.82) is 0 Å². The summed E-state index contributed by atoms with van der Waals surface area (Å²) in [6.07, 6.45) is 1.80. The van der Waals surface area contributed by atoms with Crippen molar-refractivity contribution in [2.75, 3.05) is 12.4 Å². The maximum atomic E-state index is 12.1. The van der Waals surface area contributed by atoms with Crippen LogP contribution < -0.4 is 10.6 Å². The first-order valence-corrected chi connectivity index (χ1v) is 5.95. The molecular formula is C12H18N4O3. The topological polar surface area (TPSA) is 97.2 Å². The monoisotopic (exact) mass is 266 g/mol. The lowest BCUT2D eigenvalue weighted by Crippen LogP contribution is -2.43. The van der Waals surface area contributed by atoms with Gasteiger partial charge in [-0.2, -0.15) is 0 Å². The van der Waals surface area contributed by atoms with Crippen LogP contribution in [0.3, 0.4) is 0 Å². The largest absolute Gasteiger partial charge is 0.373 e. The third kappa shape index (κ3) is 3.64. The molecule has 1 heterocycles. The summed E-state index contributed by atoms with van der Waals surface area (Å²) in [6.45, 7) is 5.65. The smallest absolute Gasteiger partial charge is 0.300 e. The molecule has 7 heteroatoms. The number of amides is 1. The molecule has 1 aromatic rings. The van der Waals surface area contributed by atoms with E-state index in [2.05, 4.69) is 15.6 Å². The maximum absolute atomic E-state index is 12.1. The summed E-state index contributed by atoms with van der Waals surface area (Å²) in [5, 5.41) is 16.4. The second-order valence-corrected chi connectivity index (χ2v) is 4.79. The lowest BCUT2D eigenvalue weighted by Gasteiger charge is -2.24. The Labute approximate surface area is 111 Å². The summed E-state index contributed by atoms with van der Waals surface area (Å²) in [6, 6.07) is 1.37. The van der Waals surface area contributed by atoms with Gasteiger partial charge in [0, 0.05) is 18.7 Å². The van der Waals surface area contributed by atoms with Crippen LogP contribution in [-0.2, 0) is 0 Å². The lowest BCUT2D eigenvalue weighted by atomic mass is 10.0. The van der Waals surface area contributed by atoms with E-state index in [0.29, 0.717) is 5.82 Å². The minimum Gasteiger partial charge on any atom is -0.373 e. The first kappa shape index (κ1) is 14.9. The highest BCUT2D eigenvalue weighted by molar-refractivity contribution is 5.99. The number of nitrogens with one attached hydrogen (secondary N) is 2. The molecule has 0 aliphatic carbocycles. The molecule has 0 bridgehead atoms. The third-order valence-electron chi connectivity index (χ3n) is 2.92. The van der Waals surface area contributed by atoms with E-state index < -0.39 is 16.4 Å². The SMILES string of the molecule is CCC(C)(C)NC(=O)c1cc(NC)ncc1[N+](=O)[O-]. The van der Waals surface area contributed by atoms with E-state index in [1.54, 1.807) is 7.05 Å². The van der Waals surface area contributed by atoms with Crippen LogP contribution in [0.1, 0.15) is 37.6 Å². The summed E-state index contributed by atoms with van der Waals surface area (Å²) in [4.78, 5) is 26.3. The quantitative estimate of drug-likeness (QED) is 0.627. The predicted octanol–water partition coefficient (Wildman–Crippen LogP) is 1.95. The molecule has 0 atom stereocenters. The Bertz CT molecular complexity index is 500. The van der Waals surface area contributed by atoms with Crippen molar-refractivity contribution >= 4 is 17.4 Å². The molecule has 0 fully saturated rings. The standard InChI is InChI=1S/C12H18N4O3/c1-5-12(2,3)15-11(17)8-6-10(13-4)14-7-9(8)16(18)19/h6-7H,5H2,1-4H3,(H,13,14)(H,15,17). The summed E-state index contributed by atoms with van der Waals surface area (Å²) in [5.41, 5.74) is -0.720. The van der Waals surface area contributed by atoms with Crippen molar-refractivity contribution < 1.29 is 9.72 Å². The van der Waals surface area contributed by atoms with E-state index in [1.165, 1.54) is 6.07 Å². The molecule has 1 amide bonds. The number of rotatable bonds is 5. The lowest BCUT2D eigenvalue weighted by molar-refractivity contribution is -0.385. The molecule has 7 nitrogen and oxygen atoms in total. The van der Waals surface area contributed by atoms with E-state index in [-0.39, 0.29) is 11.3 Å². The van der Waals surface area contributed by atoms with Crippen molar-refractivity contribution in [1.82, 2.24) is 10.3 Å². The molecule has 104 valence electrons. The van der Waals surface area contributed by atoms with Crippen LogP contribution in [0.4, 0.5) is 11.5 Å². The Hall–Kier alpha value is -2.18. The minimum atomic E-state index is -0.611. The van der Waals surface area contributed by atoms with Crippen LogP contribution in [0.15, 0.2) is 12.3 Å². The Morgan fingerprint density at radius 2 is 2.16 bits per heavy atom. The second kappa shape index (κ2) is 5.64. The first-order chi connectivity index (χ1) is 8.80. The van der Waals surface area contributed by atoms with Crippen molar-refractivity contribution in [3.8, 4) is 0 Å². The number of carbonyl (C=O) groups excluding carboxylic acids is 1. The highest BCUT2D eigenvalue weighted by Gasteiger charge is 2.25. The zero-order valence-corrected chi connectivity index (χ0v) is 11.5. The van der Waals surface area contributed by atoms with Crippen LogP contribution in [0, 0.1) is 10.1 Å². The van der Waals surface area contributed by atoms with E-state index in [0.717, 1.165) is 12.6 Å². The number of hydrogen-bond donors (Lipinski definition) is 2. The zero-order valence-electron chi connectivity index (χ0n) is 11.5. The highest BCUT2D eigenvalue weighted by atomic mass is 16.6. The molecule has 0 aliphatic rings. The molecule has 0 radical (unpaired) electrons. The van der Waals surface area contributed by atoms with Crippen LogP contribution in [-0.4, -0.2) is 28.4 Å². The van der Waals surface area contributed by atoms with Gasteiger partial charge in [0.15, 0.2) is 0 Å². The van der Waals surface area contributed by atoms with Gasteiger partial charge in [0.1, 0.15) is 17.6 Å². The first-order valence-electron chi connectivity index (χ1n) is 5.95. The van der Waals surface area contributed by atoms with Crippen molar-refractivity contribution in [2.45, 2.75) is 32.7 Å². The molecule has 0 saturated heterocycles. The van der Waals surface area contributed by atoms with Gasteiger partial charge in [-0.3, -0.25) is 14.9 Å². The van der Waals surface area contributed by atoms with Gasteiger partial charge in [-0.1, -0.05) is 6.92 Å². The molecule has 1 rings (SSSR count). The molecule has 1 aromatic heterocycles. The van der Waals surface area contributed by atoms with Gasteiger partial charge >= 0.3 is 0 Å².